The normalized spacial score (nSPS) is 21.8. The van der Waals surface area contributed by atoms with Crippen LogP contribution in [0, 0.1) is 5.92 Å². The van der Waals surface area contributed by atoms with Crippen molar-refractivity contribution in [3.05, 3.63) is 71.8 Å². The van der Waals surface area contributed by atoms with Gasteiger partial charge in [0, 0.05) is 36.6 Å². The number of aliphatic hydroxyl groups excluding tert-OH is 1. The molecule has 0 aliphatic carbocycles. The summed E-state index contributed by atoms with van der Waals surface area (Å²) >= 11 is 0. The number of anilines is 2. The van der Waals surface area contributed by atoms with Gasteiger partial charge in [0.05, 0.1) is 11.4 Å². The highest BCUT2D eigenvalue weighted by Crippen LogP contribution is 2.43. The van der Waals surface area contributed by atoms with Crippen molar-refractivity contribution in [2.24, 2.45) is 11.0 Å². The molecule has 0 fully saturated rings. The Kier molecular flexibility index (Phi) is 5.71. The average molecular weight is 419 g/mol. The zero-order valence-corrected chi connectivity index (χ0v) is 17.3. The van der Waals surface area contributed by atoms with Crippen molar-refractivity contribution in [3.8, 4) is 0 Å². The fraction of sp³-hybridized carbons (Fsp3) is 0.292. The summed E-state index contributed by atoms with van der Waals surface area (Å²) in [5.41, 5.74) is 1.41. The van der Waals surface area contributed by atoms with Gasteiger partial charge < -0.3 is 15.5 Å². The Morgan fingerprint density at radius 1 is 1.19 bits per heavy atom. The summed E-state index contributed by atoms with van der Waals surface area (Å²) in [7, 11) is 0. The van der Waals surface area contributed by atoms with E-state index < -0.39 is 17.4 Å². The topological polar surface area (TPSA) is 102 Å². The maximum Gasteiger partial charge on any atom is 0.261 e. The smallest absolute Gasteiger partial charge is 0.261 e. The predicted octanol–water partition coefficient (Wildman–Crippen LogP) is 2.93. The maximum absolute atomic E-state index is 12.7. The Morgan fingerprint density at radius 2 is 1.97 bits per heavy atom. The lowest BCUT2D eigenvalue weighted by molar-refractivity contribution is -0.137. The number of hydrogen-bond acceptors (Lipinski definition) is 5. The molecule has 0 aromatic heterocycles. The quantitative estimate of drug-likeness (QED) is 0.627. The van der Waals surface area contributed by atoms with Crippen molar-refractivity contribution >= 4 is 28.9 Å². The first-order valence-electron chi connectivity index (χ1n) is 10.4. The Morgan fingerprint density at radius 3 is 2.71 bits per heavy atom. The Hall–Kier alpha value is -3.29. The van der Waals surface area contributed by atoms with Crippen LogP contribution >= 0.6 is 0 Å². The molecular weight excluding hydrogens is 394 g/mol. The van der Waals surface area contributed by atoms with Crippen LogP contribution in [0.2, 0.25) is 0 Å². The molecular formula is C24H25N3O4. The zero-order chi connectivity index (χ0) is 22.0. The van der Waals surface area contributed by atoms with Crippen LogP contribution in [0.5, 0.6) is 0 Å². The fourth-order valence-corrected chi connectivity index (χ4v) is 3.99. The van der Waals surface area contributed by atoms with Crippen molar-refractivity contribution in [3.63, 3.8) is 0 Å². The van der Waals surface area contributed by atoms with Crippen LogP contribution in [0.15, 0.2) is 65.8 Å². The number of amides is 2. The number of rotatable bonds is 6. The van der Waals surface area contributed by atoms with Crippen LogP contribution in [0.4, 0.5) is 11.4 Å². The lowest BCUT2D eigenvalue weighted by atomic mass is 9.82. The second-order valence-corrected chi connectivity index (χ2v) is 7.80. The van der Waals surface area contributed by atoms with Gasteiger partial charge in [-0.1, -0.05) is 49.4 Å². The number of nitrogens with one attached hydrogen (secondary N) is 1. The first-order chi connectivity index (χ1) is 14.9. The Bertz CT molecular complexity index is 1060. The van der Waals surface area contributed by atoms with Crippen LogP contribution < -0.4 is 10.3 Å². The molecule has 0 unspecified atom stereocenters. The van der Waals surface area contributed by atoms with E-state index in [9.17, 15) is 14.7 Å². The number of hydrazone groups is 1. The number of carbonyl (C=O) groups is 2. The van der Waals surface area contributed by atoms with Crippen molar-refractivity contribution in [1.82, 2.24) is 0 Å². The van der Waals surface area contributed by atoms with E-state index in [1.165, 1.54) is 5.01 Å². The molecule has 0 radical (unpaired) electrons. The molecule has 7 nitrogen and oxygen atoms in total. The molecule has 2 amide bonds. The van der Waals surface area contributed by atoms with Gasteiger partial charge in [0.2, 0.25) is 5.91 Å². The highest BCUT2D eigenvalue weighted by atomic mass is 16.3. The van der Waals surface area contributed by atoms with Crippen LogP contribution in [-0.4, -0.2) is 34.3 Å². The van der Waals surface area contributed by atoms with E-state index in [1.807, 2.05) is 30.3 Å². The lowest BCUT2D eigenvalue weighted by Gasteiger charge is -2.28. The first kappa shape index (κ1) is 21.0. The lowest BCUT2D eigenvalue weighted by Crippen LogP contribution is -2.40. The standard InChI is InChI=1S/C24H25N3O4/c1-16(7-5-6-14-28)24(31)19-15-18(10-11-21(19)25-23(24)30)27-22(29)13-12-20(26-27)17-8-3-2-4-9-17/h2-5,7-11,15-16,28,31H,6,12-14H2,1H3,(H,25,30)/b7-5+/t16-,24+/m1/s1. The van der Waals surface area contributed by atoms with Gasteiger partial charge >= 0.3 is 0 Å². The number of fused-ring (bicyclic) bond motifs is 1. The van der Waals surface area contributed by atoms with Crippen LogP contribution in [0.25, 0.3) is 0 Å². The Balaban J connectivity index is 1.71. The molecule has 0 saturated carbocycles. The first-order valence-corrected chi connectivity index (χ1v) is 10.4. The number of carbonyl (C=O) groups excluding carboxylic acids is 2. The monoisotopic (exact) mass is 419 g/mol. The van der Waals surface area contributed by atoms with Gasteiger partial charge in [-0.2, -0.15) is 5.10 Å². The molecule has 160 valence electrons. The van der Waals surface area contributed by atoms with Gasteiger partial charge in [-0.05, 0) is 30.2 Å². The summed E-state index contributed by atoms with van der Waals surface area (Å²) in [6.45, 7) is 1.74. The summed E-state index contributed by atoms with van der Waals surface area (Å²) in [6.07, 6.45) is 4.78. The van der Waals surface area contributed by atoms with Crippen molar-refractivity contribution < 1.29 is 19.8 Å². The largest absolute Gasteiger partial charge is 0.396 e. The van der Waals surface area contributed by atoms with Gasteiger partial charge in [0.1, 0.15) is 0 Å². The second kappa shape index (κ2) is 8.45. The summed E-state index contributed by atoms with van der Waals surface area (Å²) in [5.74, 6) is -1.19. The van der Waals surface area contributed by atoms with E-state index in [2.05, 4.69) is 10.4 Å². The fourth-order valence-electron chi connectivity index (χ4n) is 3.99. The van der Waals surface area contributed by atoms with Gasteiger partial charge in [-0.25, -0.2) is 5.01 Å². The minimum Gasteiger partial charge on any atom is -0.396 e. The molecule has 2 aromatic rings. The molecule has 7 heteroatoms. The van der Waals surface area contributed by atoms with Crippen LogP contribution in [0.1, 0.15) is 37.3 Å². The summed E-state index contributed by atoms with van der Waals surface area (Å²) in [6, 6.07) is 14.7. The average Bonchev–Trinajstić information content (AvgIpc) is 3.05. The van der Waals surface area contributed by atoms with Crippen molar-refractivity contribution in [2.45, 2.75) is 31.8 Å². The zero-order valence-electron chi connectivity index (χ0n) is 17.3. The molecule has 2 aromatic carbocycles. The van der Waals surface area contributed by atoms with Gasteiger partial charge in [0.25, 0.3) is 5.91 Å². The minimum absolute atomic E-state index is 0.00654. The van der Waals surface area contributed by atoms with Crippen molar-refractivity contribution in [1.29, 1.82) is 0 Å². The SMILES string of the molecule is C[C@H](/C=C/CCO)[C@@]1(O)C(=O)Nc2ccc(N3N=C(c4ccccc4)CCC3=O)cc21. The van der Waals surface area contributed by atoms with Gasteiger partial charge in [-0.3, -0.25) is 9.59 Å². The minimum atomic E-state index is -1.78. The Labute approximate surface area is 180 Å². The number of nitrogens with zero attached hydrogens (tertiary/aromatic N) is 2. The van der Waals surface area contributed by atoms with Crippen molar-refractivity contribution in [2.75, 3.05) is 16.9 Å². The third-order valence-corrected chi connectivity index (χ3v) is 5.77. The number of hydrogen-bond donors (Lipinski definition) is 3. The molecule has 2 atom stereocenters. The highest BCUT2D eigenvalue weighted by molar-refractivity contribution is 6.09. The molecule has 2 heterocycles. The molecule has 31 heavy (non-hydrogen) atoms. The third kappa shape index (κ3) is 3.78. The number of aliphatic hydroxyl groups is 2. The van der Waals surface area contributed by atoms with E-state index in [1.54, 1.807) is 37.3 Å². The predicted molar refractivity (Wildman–Crippen MR) is 119 cm³/mol. The van der Waals surface area contributed by atoms with E-state index in [0.29, 0.717) is 36.2 Å². The highest BCUT2D eigenvalue weighted by Gasteiger charge is 2.49. The number of benzene rings is 2. The van der Waals surface area contributed by atoms with Crippen LogP contribution in [-0.2, 0) is 15.2 Å². The summed E-state index contributed by atoms with van der Waals surface area (Å²) in [4.78, 5) is 25.3. The van der Waals surface area contributed by atoms with E-state index >= 15 is 0 Å². The maximum atomic E-state index is 12.7. The van der Waals surface area contributed by atoms with Gasteiger partial charge in [0.15, 0.2) is 5.60 Å². The molecule has 2 aliphatic rings. The van der Waals surface area contributed by atoms with Gasteiger partial charge in [-0.15, -0.1) is 0 Å². The third-order valence-electron chi connectivity index (χ3n) is 5.77. The molecule has 4 rings (SSSR count). The second-order valence-electron chi connectivity index (χ2n) is 7.80. The molecule has 0 spiro atoms. The van der Waals surface area contributed by atoms with E-state index in [4.69, 9.17) is 5.11 Å². The molecule has 2 aliphatic heterocycles. The molecule has 0 bridgehead atoms. The van der Waals surface area contributed by atoms with E-state index in [0.717, 1.165) is 11.3 Å². The van der Waals surface area contributed by atoms with E-state index in [-0.39, 0.29) is 12.5 Å². The summed E-state index contributed by atoms with van der Waals surface area (Å²) < 4.78 is 0. The van der Waals surface area contributed by atoms with Crippen LogP contribution in [0.3, 0.4) is 0 Å². The summed E-state index contributed by atoms with van der Waals surface area (Å²) in [5, 5.41) is 29.0. The molecule has 0 saturated heterocycles. The molecule has 3 N–H and O–H groups in total.